The Hall–Kier alpha value is -1.10. The monoisotopic (exact) mass is 181 g/mol. The van der Waals surface area contributed by atoms with Crippen molar-refractivity contribution in [2.45, 2.75) is 25.3 Å². The van der Waals surface area contributed by atoms with Crippen molar-refractivity contribution in [2.24, 2.45) is 12.8 Å². The molecule has 0 spiro atoms. The molecule has 0 atom stereocenters. The van der Waals surface area contributed by atoms with Crippen molar-refractivity contribution in [1.29, 1.82) is 0 Å². The first-order valence-corrected chi connectivity index (χ1v) is 4.66. The van der Waals surface area contributed by atoms with Crippen molar-refractivity contribution in [3.63, 3.8) is 0 Å². The van der Waals surface area contributed by atoms with Gasteiger partial charge in [-0.15, -0.1) is 10.2 Å². The maximum Gasteiger partial charge on any atom is 0.224 e. The van der Waals surface area contributed by atoms with E-state index in [4.69, 9.17) is 5.73 Å². The minimum atomic E-state index is 0.619. The highest BCUT2D eigenvalue weighted by molar-refractivity contribution is 5.29. The molecule has 1 aromatic rings. The van der Waals surface area contributed by atoms with Crippen LogP contribution in [0.4, 0.5) is 5.95 Å². The Kier molecular flexibility index (Phi) is 2.18. The molecule has 0 aromatic carbocycles. The van der Waals surface area contributed by atoms with Crippen LogP contribution in [0.15, 0.2) is 0 Å². The average molecular weight is 181 g/mol. The van der Waals surface area contributed by atoms with Crippen molar-refractivity contribution < 1.29 is 0 Å². The van der Waals surface area contributed by atoms with E-state index in [1.807, 2.05) is 11.6 Å². The molecule has 1 fully saturated rings. The minimum Gasteiger partial charge on any atom is -0.352 e. The molecular formula is C8H15N5. The van der Waals surface area contributed by atoms with E-state index in [2.05, 4.69) is 15.5 Å². The van der Waals surface area contributed by atoms with Crippen LogP contribution < -0.4 is 11.1 Å². The summed E-state index contributed by atoms with van der Waals surface area (Å²) in [5.74, 6) is 1.82. The molecule has 3 N–H and O–H groups in total. The predicted molar refractivity (Wildman–Crippen MR) is 50.4 cm³/mol. The van der Waals surface area contributed by atoms with Gasteiger partial charge in [0.15, 0.2) is 0 Å². The SMILES string of the molecule is Cn1c(CCN)nnc1NC1CC1. The van der Waals surface area contributed by atoms with Gasteiger partial charge in [0.1, 0.15) is 5.82 Å². The van der Waals surface area contributed by atoms with Gasteiger partial charge in [0.25, 0.3) is 0 Å². The van der Waals surface area contributed by atoms with Gasteiger partial charge in [-0.05, 0) is 19.4 Å². The van der Waals surface area contributed by atoms with Crippen LogP contribution >= 0.6 is 0 Å². The number of nitrogens with zero attached hydrogens (tertiary/aromatic N) is 3. The largest absolute Gasteiger partial charge is 0.352 e. The molecule has 72 valence electrons. The van der Waals surface area contributed by atoms with Gasteiger partial charge < -0.3 is 15.6 Å². The molecule has 1 aliphatic rings. The van der Waals surface area contributed by atoms with E-state index in [1.165, 1.54) is 12.8 Å². The summed E-state index contributed by atoms with van der Waals surface area (Å²) >= 11 is 0. The fraction of sp³-hybridized carbons (Fsp3) is 0.750. The zero-order valence-electron chi connectivity index (χ0n) is 7.82. The Balaban J connectivity index is 2.07. The standard InChI is InChI=1S/C8H15N5/c1-13-7(4-5-9)11-12-8(13)10-6-2-3-6/h6H,2-5,9H2,1H3,(H,10,12). The first-order valence-electron chi connectivity index (χ1n) is 4.66. The maximum atomic E-state index is 5.45. The maximum absolute atomic E-state index is 5.45. The lowest BCUT2D eigenvalue weighted by atomic mass is 10.4. The van der Waals surface area contributed by atoms with E-state index in [9.17, 15) is 0 Å². The lowest BCUT2D eigenvalue weighted by Crippen LogP contribution is -2.11. The molecule has 5 heteroatoms. The summed E-state index contributed by atoms with van der Waals surface area (Å²) < 4.78 is 1.98. The third-order valence-electron chi connectivity index (χ3n) is 2.24. The first kappa shape index (κ1) is 8.50. The third-order valence-corrected chi connectivity index (χ3v) is 2.24. The molecule has 13 heavy (non-hydrogen) atoms. The van der Waals surface area contributed by atoms with Gasteiger partial charge in [0, 0.05) is 19.5 Å². The third kappa shape index (κ3) is 1.80. The average Bonchev–Trinajstić information content (AvgIpc) is 2.86. The summed E-state index contributed by atoms with van der Waals surface area (Å²) in [4.78, 5) is 0. The van der Waals surface area contributed by atoms with Crippen LogP contribution in [0.3, 0.4) is 0 Å². The number of nitrogens with one attached hydrogen (secondary N) is 1. The number of hydrogen-bond donors (Lipinski definition) is 2. The molecule has 0 bridgehead atoms. The predicted octanol–water partition coefficient (Wildman–Crippen LogP) is -0.109. The summed E-state index contributed by atoms with van der Waals surface area (Å²) in [5, 5.41) is 11.4. The van der Waals surface area contributed by atoms with E-state index in [0.29, 0.717) is 12.6 Å². The van der Waals surface area contributed by atoms with Crippen LogP contribution in [0.2, 0.25) is 0 Å². The van der Waals surface area contributed by atoms with Gasteiger partial charge in [-0.25, -0.2) is 0 Å². The zero-order valence-corrected chi connectivity index (χ0v) is 7.82. The van der Waals surface area contributed by atoms with Crippen LogP contribution in [0.1, 0.15) is 18.7 Å². The van der Waals surface area contributed by atoms with Crippen molar-refractivity contribution in [3.8, 4) is 0 Å². The zero-order chi connectivity index (χ0) is 9.26. The van der Waals surface area contributed by atoms with Gasteiger partial charge in [0.05, 0.1) is 0 Å². The molecule has 1 aliphatic carbocycles. The van der Waals surface area contributed by atoms with Crippen LogP contribution in [0.5, 0.6) is 0 Å². The topological polar surface area (TPSA) is 68.8 Å². The van der Waals surface area contributed by atoms with Crippen LogP contribution in [-0.2, 0) is 13.5 Å². The van der Waals surface area contributed by atoms with Gasteiger partial charge in [0.2, 0.25) is 5.95 Å². The fourth-order valence-corrected chi connectivity index (χ4v) is 1.24. The Labute approximate surface area is 77.3 Å². The highest BCUT2D eigenvalue weighted by Crippen LogP contribution is 2.23. The van der Waals surface area contributed by atoms with Gasteiger partial charge in [-0.1, -0.05) is 0 Å². The minimum absolute atomic E-state index is 0.619. The summed E-state index contributed by atoms with van der Waals surface area (Å²) in [5.41, 5.74) is 5.45. The van der Waals surface area contributed by atoms with Crippen LogP contribution in [0, 0.1) is 0 Å². The van der Waals surface area contributed by atoms with Crippen molar-refractivity contribution in [1.82, 2.24) is 14.8 Å². The van der Waals surface area contributed by atoms with E-state index >= 15 is 0 Å². The van der Waals surface area contributed by atoms with E-state index in [-0.39, 0.29) is 0 Å². The quantitative estimate of drug-likeness (QED) is 0.680. The summed E-state index contributed by atoms with van der Waals surface area (Å²) in [7, 11) is 1.97. The number of aromatic nitrogens is 3. The molecule has 0 amide bonds. The smallest absolute Gasteiger partial charge is 0.224 e. The summed E-state index contributed by atoms with van der Waals surface area (Å²) in [6.45, 7) is 0.620. The fourth-order valence-electron chi connectivity index (χ4n) is 1.24. The molecule has 0 saturated heterocycles. The number of nitrogens with two attached hydrogens (primary N) is 1. The normalized spacial score (nSPS) is 16.2. The highest BCUT2D eigenvalue weighted by Gasteiger charge is 2.23. The number of anilines is 1. The molecule has 1 heterocycles. The second kappa shape index (κ2) is 3.33. The highest BCUT2D eigenvalue weighted by atomic mass is 15.3. The second-order valence-electron chi connectivity index (χ2n) is 3.46. The van der Waals surface area contributed by atoms with Crippen LogP contribution in [0.25, 0.3) is 0 Å². The molecule has 1 aromatic heterocycles. The van der Waals surface area contributed by atoms with Crippen molar-refractivity contribution in [3.05, 3.63) is 5.82 Å². The lowest BCUT2D eigenvalue weighted by molar-refractivity contribution is 0.776. The van der Waals surface area contributed by atoms with E-state index in [1.54, 1.807) is 0 Å². The summed E-state index contributed by atoms with van der Waals surface area (Å²) in [6.07, 6.45) is 3.29. The molecule has 0 aliphatic heterocycles. The van der Waals surface area contributed by atoms with Gasteiger partial charge >= 0.3 is 0 Å². The lowest BCUT2D eigenvalue weighted by Gasteiger charge is -2.03. The van der Waals surface area contributed by atoms with Crippen molar-refractivity contribution in [2.75, 3.05) is 11.9 Å². The molecule has 2 rings (SSSR count). The summed E-state index contributed by atoms with van der Waals surface area (Å²) in [6, 6.07) is 0.619. The van der Waals surface area contributed by atoms with Gasteiger partial charge in [-0.2, -0.15) is 0 Å². The second-order valence-corrected chi connectivity index (χ2v) is 3.46. The molecule has 5 nitrogen and oxygen atoms in total. The van der Waals surface area contributed by atoms with E-state index in [0.717, 1.165) is 18.2 Å². The van der Waals surface area contributed by atoms with Crippen molar-refractivity contribution >= 4 is 5.95 Å². The Morgan fingerprint density at radius 3 is 2.92 bits per heavy atom. The van der Waals surface area contributed by atoms with E-state index < -0.39 is 0 Å². The van der Waals surface area contributed by atoms with Crippen LogP contribution in [-0.4, -0.2) is 27.4 Å². The van der Waals surface area contributed by atoms with Gasteiger partial charge in [-0.3, -0.25) is 0 Å². The first-order chi connectivity index (χ1) is 6.31. The molecule has 1 saturated carbocycles. The number of hydrogen-bond acceptors (Lipinski definition) is 4. The Bertz CT molecular complexity index is 289. The molecule has 0 unspecified atom stereocenters. The Morgan fingerprint density at radius 2 is 2.31 bits per heavy atom. The molecule has 0 radical (unpaired) electrons. The Morgan fingerprint density at radius 1 is 1.54 bits per heavy atom. The number of rotatable bonds is 4. The molecular weight excluding hydrogens is 166 g/mol.